The standard InChI is InChI=1S/C7H4F3NO3/c8-3-14-6-2-4(9)1-5(7(6)10)11(12)13/h1-2H,3H2. The number of hydrogen-bond donors (Lipinski definition) is 0. The maximum absolute atomic E-state index is 13.0. The van der Waals surface area contributed by atoms with Gasteiger partial charge in [0.15, 0.2) is 5.75 Å². The fourth-order valence-electron chi connectivity index (χ4n) is 0.847. The Bertz CT molecular complexity index is 369. The molecule has 7 heteroatoms. The van der Waals surface area contributed by atoms with Gasteiger partial charge in [0.1, 0.15) is 5.82 Å². The van der Waals surface area contributed by atoms with E-state index in [0.29, 0.717) is 12.1 Å². The van der Waals surface area contributed by atoms with Gasteiger partial charge in [0, 0.05) is 6.07 Å². The molecule has 14 heavy (non-hydrogen) atoms. The van der Waals surface area contributed by atoms with E-state index in [1.165, 1.54) is 0 Å². The Morgan fingerprint density at radius 2 is 2.07 bits per heavy atom. The lowest BCUT2D eigenvalue weighted by atomic mass is 10.3. The molecule has 0 amide bonds. The Morgan fingerprint density at radius 1 is 1.43 bits per heavy atom. The molecule has 4 nitrogen and oxygen atoms in total. The number of rotatable bonds is 3. The van der Waals surface area contributed by atoms with Crippen molar-refractivity contribution in [3.05, 3.63) is 33.9 Å². The fourth-order valence-corrected chi connectivity index (χ4v) is 0.847. The first-order valence-corrected chi connectivity index (χ1v) is 3.38. The maximum Gasteiger partial charge on any atom is 0.311 e. The summed E-state index contributed by atoms with van der Waals surface area (Å²) in [6.45, 7) is -1.39. The van der Waals surface area contributed by atoms with Crippen LogP contribution in [0, 0.1) is 21.7 Å². The summed E-state index contributed by atoms with van der Waals surface area (Å²) >= 11 is 0. The maximum atomic E-state index is 13.0. The third-order valence-corrected chi connectivity index (χ3v) is 1.39. The van der Waals surface area contributed by atoms with Crippen LogP contribution in [0.3, 0.4) is 0 Å². The van der Waals surface area contributed by atoms with E-state index in [1.807, 2.05) is 0 Å². The van der Waals surface area contributed by atoms with Gasteiger partial charge in [-0.15, -0.1) is 0 Å². The van der Waals surface area contributed by atoms with E-state index in [-0.39, 0.29) is 0 Å². The van der Waals surface area contributed by atoms with Crippen molar-refractivity contribution in [3.63, 3.8) is 0 Å². The average Bonchev–Trinajstić information content (AvgIpc) is 2.10. The Hall–Kier alpha value is -1.79. The van der Waals surface area contributed by atoms with E-state index in [9.17, 15) is 23.3 Å². The van der Waals surface area contributed by atoms with E-state index in [1.54, 1.807) is 0 Å². The van der Waals surface area contributed by atoms with E-state index in [2.05, 4.69) is 4.74 Å². The van der Waals surface area contributed by atoms with Crippen LogP contribution in [0.25, 0.3) is 0 Å². The molecule has 0 saturated heterocycles. The smallest absolute Gasteiger partial charge is 0.311 e. The molecule has 0 bridgehead atoms. The highest BCUT2D eigenvalue weighted by molar-refractivity contribution is 5.41. The van der Waals surface area contributed by atoms with Gasteiger partial charge < -0.3 is 4.74 Å². The molecule has 0 unspecified atom stereocenters. The lowest BCUT2D eigenvalue weighted by molar-refractivity contribution is -0.387. The zero-order valence-electron chi connectivity index (χ0n) is 6.67. The second-order valence-corrected chi connectivity index (χ2v) is 2.25. The molecule has 0 aliphatic rings. The quantitative estimate of drug-likeness (QED) is 0.563. The summed E-state index contributed by atoms with van der Waals surface area (Å²) < 4.78 is 41.3. The summed E-state index contributed by atoms with van der Waals surface area (Å²) in [7, 11) is 0. The molecule has 76 valence electrons. The van der Waals surface area contributed by atoms with Crippen LogP contribution in [0.15, 0.2) is 12.1 Å². The number of ether oxygens (including phenoxy) is 1. The zero-order chi connectivity index (χ0) is 10.7. The molecule has 0 radical (unpaired) electrons. The summed E-state index contributed by atoms with van der Waals surface area (Å²) in [5.41, 5.74) is -1.09. The molecule has 0 aliphatic heterocycles. The molecule has 0 N–H and O–H groups in total. The third-order valence-electron chi connectivity index (χ3n) is 1.39. The number of nitrogens with zero attached hydrogens (tertiary/aromatic N) is 1. The second-order valence-electron chi connectivity index (χ2n) is 2.25. The molecule has 0 atom stereocenters. The number of benzene rings is 1. The van der Waals surface area contributed by atoms with Gasteiger partial charge in [-0.05, 0) is 0 Å². The Labute approximate surface area is 76.1 Å². The van der Waals surface area contributed by atoms with Crippen molar-refractivity contribution in [3.8, 4) is 5.75 Å². The van der Waals surface area contributed by atoms with Crippen LogP contribution in [0.4, 0.5) is 18.9 Å². The molecule has 0 aromatic heterocycles. The van der Waals surface area contributed by atoms with Crippen molar-refractivity contribution in [2.45, 2.75) is 0 Å². The Morgan fingerprint density at radius 3 is 2.57 bits per heavy atom. The number of alkyl halides is 1. The SMILES string of the molecule is O=[N+]([O-])c1cc(F)cc(OCF)c1F. The second kappa shape index (κ2) is 3.95. The normalized spacial score (nSPS) is 9.93. The molecule has 0 heterocycles. The largest absolute Gasteiger partial charge is 0.459 e. The van der Waals surface area contributed by atoms with Crippen molar-refractivity contribution in [2.75, 3.05) is 6.86 Å². The van der Waals surface area contributed by atoms with E-state index in [0.717, 1.165) is 0 Å². The minimum atomic E-state index is -1.39. The number of halogens is 3. The first-order chi connectivity index (χ1) is 6.56. The predicted octanol–water partition coefficient (Wildman–Crippen LogP) is 2.18. The van der Waals surface area contributed by atoms with Gasteiger partial charge in [0.2, 0.25) is 12.7 Å². The Kier molecular flexibility index (Phi) is 2.90. The minimum Gasteiger partial charge on any atom is -0.459 e. The molecule has 0 aliphatic carbocycles. The van der Waals surface area contributed by atoms with Gasteiger partial charge in [0.25, 0.3) is 0 Å². The molecular formula is C7H4F3NO3. The van der Waals surface area contributed by atoms with Gasteiger partial charge in [-0.1, -0.05) is 0 Å². The molecule has 0 saturated carbocycles. The van der Waals surface area contributed by atoms with Crippen LogP contribution in [0.2, 0.25) is 0 Å². The number of nitro benzene ring substituents is 1. The highest BCUT2D eigenvalue weighted by Gasteiger charge is 2.21. The lowest BCUT2D eigenvalue weighted by Crippen LogP contribution is -1.99. The summed E-state index contributed by atoms with van der Waals surface area (Å²) in [5, 5.41) is 10.2. The minimum absolute atomic E-state index is 0.389. The summed E-state index contributed by atoms with van der Waals surface area (Å²) in [4.78, 5) is 9.06. The van der Waals surface area contributed by atoms with Gasteiger partial charge >= 0.3 is 5.69 Å². The van der Waals surface area contributed by atoms with E-state index < -0.39 is 34.9 Å². The first-order valence-electron chi connectivity index (χ1n) is 3.38. The van der Waals surface area contributed by atoms with Gasteiger partial charge in [-0.25, -0.2) is 8.78 Å². The van der Waals surface area contributed by atoms with Crippen LogP contribution in [0.1, 0.15) is 0 Å². The highest BCUT2D eigenvalue weighted by Crippen LogP contribution is 2.27. The van der Waals surface area contributed by atoms with Crippen LogP contribution < -0.4 is 4.74 Å². The average molecular weight is 207 g/mol. The topological polar surface area (TPSA) is 52.4 Å². The van der Waals surface area contributed by atoms with Crippen LogP contribution >= 0.6 is 0 Å². The van der Waals surface area contributed by atoms with Crippen molar-refractivity contribution >= 4 is 5.69 Å². The summed E-state index contributed by atoms with van der Waals surface area (Å²) in [6, 6.07) is 0.919. The molecule has 1 rings (SSSR count). The van der Waals surface area contributed by atoms with Gasteiger partial charge in [0.05, 0.1) is 11.0 Å². The fraction of sp³-hybridized carbons (Fsp3) is 0.143. The van der Waals surface area contributed by atoms with Crippen molar-refractivity contribution in [1.82, 2.24) is 0 Å². The molecule has 0 spiro atoms. The predicted molar refractivity (Wildman–Crippen MR) is 39.6 cm³/mol. The van der Waals surface area contributed by atoms with Gasteiger partial charge in [-0.2, -0.15) is 4.39 Å². The van der Waals surface area contributed by atoms with Crippen LogP contribution in [0.5, 0.6) is 5.75 Å². The van der Waals surface area contributed by atoms with Crippen LogP contribution in [-0.4, -0.2) is 11.8 Å². The highest BCUT2D eigenvalue weighted by atomic mass is 19.1. The van der Waals surface area contributed by atoms with E-state index in [4.69, 9.17) is 0 Å². The van der Waals surface area contributed by atoms with E-state index >= 15 is 0 Å². The van der Waals surface area contributed by atoms with Gasteiger partial charge in [-0.3, -0.25) is 10.1 Å². The molecule has 1 aromatic rings. The Balaban J connectivity index is 3.24. The van der Waals surface area contributed by atoms with Crippen LogP contribution in [-0.2, 0) is 0 Å². The zero-order valence-corrected chi connectivity index (χ0v) is 6.67. The summed E-state index contributed by atoms with van der Waals surface area (Å²) in [6.07, 6.45) is 0. The number of nitro groups is 1. The first kappa shape index (κ1) is 10.3. The number of hydrogen-bond acceptors (Lipinski definition) is 3. The lowest BCUT2D eigenvalue weighted by Gasteiger charge is -2.02. The molecule has 1 aromatic carbocycles. The molecular weight excluding hydrogens is 203 g/mol. The summed E-state index contributed by atoms with van der Waals surface area (Å²) in [5.74, 6) is -3.28. The van der Waals surface area contributed by atoms with Crippen molar-refractivity contribution < 1.29 is 22.8 Å². The van der Waals surface area contributed by atoms with Crippen molar-refractivity contribution in [2.24, 2.45) is 0 Å². The third kappa shape index (κ3) is 1.93. The van der Waals surface area contributed by atoms with Crippen molar-refractivity contribution in [1.29, 1.82) is 0 Å². The monoisotopic (exact) mass is 207 g/mol. The molecule has 0 fully saturated rings.